The molecule has 2 rings (SSSR count). The molecule has 0 aliphatic carbocycles. The van der Waals surface area contributed by atoms with Gasteiger partial charge in [0.15, 0.2) is 0 Å². The number of aromatic hydroxyl groups is 1. The van der Waals surface area contributed by atoms with Gasteiger partial charge in [0.05, 0.1) is 19.2 Å². The Hall–Kier alpha value is -2.77. The van der Waals surface area contributed by atoms with E-state index in [2.05, 4.69) is 14.8 Å². The SMILES string of the molecule is COC(=O)C(Oc1ccccc1C(C)(C)NC(C)c1cccc(Cl)c1O)C(=O)OC. The number of ether oxygens (including phenoxy) is 3. The van der Waals surface area contributed by atoms with E-state index in [1.54, 1.807) is 30.3 Å². The van der Waals surface area contributed by atoms with Crippen molar-refractivity contribution in [2.24, 2.45) is 0 Å². The molecule has 162 valence electrons. The second-order valence-electron chi connectivity index (χ2n) is 7.21. The Balaban J connectivity index is 2.35. The van der Waals surface area contributed by atoms with Crippen molar-refractivity contribution in [1.29, 1.82) is 0 Å². The van der Waals surface area contributed by atoms with Gasteiger partial charge in [-0.25, -0.2) is 9.59 Å². The second kappa shape index (κ2) is 9.82. The number of carbonyl (C=O) groups excluding carboxylic acids is 2. The molecule has 2 N–H and O–H groups in total. The molecule has 0 spiro atoms. The Labute approximate surface area is 180 Å². The number of esters is 2. The van der Waals surface area contributed by atoms with Gasteiger partial charge in [0, 0.05) is 22.7 Å². The van der Waals surface area contributed by atoms with Gasteiger partial charge in [-0.05, 0) is 32.9 Å². The first-order valence-electron chi connectivity index (χ1n) is 9.29. The number of benzene rings is 2. The van der Waals surface area contributed by atoms with Crippen molar-refractivity contribution < 1.29 is 28.9 Å². The van der Waals surface area contributed by atoms with Gasteiger partial charge in [-0.3, -0.25) is 0 Å². The third kappa shape index (κ3) is 5.23. The highest BCUT2D eigenvalue weighted by Crippen LogP contribution is 2.36. The highest BCUT2D eigenvalue weighted by molar-refractivity contribution is 6.32. The number of hydrogen-bond donors (Lipinski definition) is 2. The van der Waals surface area contributed by atoms with Crippen LogP contribution in [0.25, 0.3) is 0 Å². The zero-order chi connectivity index (χ0) is 22.5. The maximum atomic E-state index is 12.0. The fourth-order valence-electron chi connectivity index (χ4n) is 3.20. The molecule has 0 heterocycles. The molecule has 0 bridgehead atoms. The van der Waals surface area contributed by atoms with Crippen LogP contribution in [-0.4, -0.2) is 37.4 Å². The molecule has 0 aliphatic rings. The average molecular weight is 436 g/mol. The maximum absolute atomic E-state index is 12.0. The zero-order valence-electron chi connectivity index (χ0n) is 17.6. The molecule has 0 fully saturated rings. The lowest BCUT2D eigenvalue weighted by atomic mass is 9.91. The summed E-state index contributed by atoms with van der Waals surface area (Å²) < 4.78 is 15.0. The Morgan fingerprint density at radius 3 is 2.23 bits per heavy atom. The van der Waals surface area contributed by atoms with Crippen LogP contribution in [0, 0.1) is 0 Å². The second-order valence-corrected chi connectivity index (χ2v) is 7.62. The lowest BCUT2D eigenvalue weighted by Crippen LogP contribution is -2.41. The molecule has 0 aromatic heterocycles. The van der Waals surface area contributed by atoms with Crippen molar-refractivity contribution in [2.45, 2.75) is 38.5 Å². The third-order valence-corrected chi connectivity index (χ3v) is 5.00. The molecular weight excluding hydrogens is 410 g/mol. The minimum Gasteiger partial charge on any atom is -0.506 e. The zero-order valence-corrected chi connectivity index (χ0v) is 18.3. The predicted octanol–water partition coefficient (Wildman–Crippen LogP) is 3.72. The summed E-state index contributed by atoms with van der Waals surface area (Å²) in [6, 6.07) is 11.9. The van der Waals surface area contributed by atoms with E-state index in [4.69, 9.17) is 16.3 Å². The van der Waals surface area contributed by atoms with Crippen molar-refractivity contribution in [1.82, 2.24) is 5.32 Å². The first-order chi connectivity index (χ1) is 14.1. The van der Waals surface area contributed by atoms with E-state index >= 15 is 0 Å². The molecule has 2 aromatic carbocycles. The molecule has 30 heavy (non-hydrogen) atoms. The number of halogens is 1. The third-order valence-electron chi connectivity index (χ3n) is 4.70. The topological polar surface area (TPSA) is 94.1 Å². The van der Waals surface area contributed by atoms with E-state index in [0.717, 1.165) is 14.2 Å². The first kappa shape index (κ1) is 23.5. The fraction of sp³-hybridized carbons (Fsp3) is 0.364. The highest BCUT2D eigenvalue weighted by atomic mass is 35.5. The van der Waals surface area contributed by atoms with Crippen LogP contribution in [-0.2, 0) is 24.6 Å². The molecule has 7 nitrogen and oxygen atoms in total. The van der Waals surface area contributed by atoms with Crippen molar-refractivity contribution in [3.63, 3.8) is 0 Å². The lowest BCUT2D eigenvalue weighted by Gasteiger charge is -2.33. The van der Waals surface area contributed by atoms with Crippen molar-refractivity contribution in [3.05, 3.63) is 58.6 Å². The van der Waals surface area contributed by atoms with E-state index in [-0.39, 0.29) is 16.8 Å². The van der Waals surface area contributed by atoms with Gasteiger partial charge in [-0.1, -0.05) is 41.9 Å². The molecule has 0 saturated heterocycles. The van der Waals surface area contributed by atoms with Crippen LogP contribution in [0.15, 0.2) is 42.5 Å². The van der Waals surface area contributed by atoms with E-state index in [1.807, 2.05) is 32.9 Å². The van der Waals surface area contributed by atoms with Crippen LogP contribution >= 0.6 is 11.6 Å². The molecule has 1 unspecified atom stereocenters. The molecule has 8 heteroatoms. The van der Waals surface area contributed by atoms with Crippen LogP contribution in [0.3, 0.4) is 0 Å². The van der Waals surface area contributed by atoms with Gasteiger partial charge in [-0.2, -0.15) is 0 Å². The summed E-state index contributed by atoms with van der Waals surface area (Å²) >= 11 is 6.03. The van der Waals surface area contributed by atoms with E-state index in [0.29, 0.717) is 16.9 Å². The van der Waals surface area contributed by atoms with Crippen LogP contribution in [0.4, 0.5) is 0 Å². The minimum atomic E-state index is -1.55. The number of phenols is 1. The van der Waals surface area contributed by atoms with Crippen molar-refractivity contribution in [3.8, 4) is 11.5 Å². The maximum Gasteiger partial charge on any atom is 0.359 e. The number of para-hydroxylation sites is 2. The minimum absolute atomic E-state index is 0.0101. The smallest absolute Gasteiger partial charge is 0.359 e. The summed E-state index contributed by atoms with van der Waals surface area (Å²) in [6.45, 7) is 5.72. The Kier molecular flexibility index (Phi) is 7.70. The van der Waals surface area contributed by atoms with E-state index in [9.17, 15) is 14.7 Å². The summed E-state index contributed by atoms with van der Waals surface area (Å²) in [5, 5.41) is 14.0. The predicted molar refractivity (Wildman–Crippen MR) is 113 cm³/mol. The molecule has 0 radical (unpaired) electrons. The number of hydrogen-bond acceptors (Lipinski definition) is 7. The van der Waals surface area contributed by atoms with Crippen molar-refractivity contribution >= 4 is 23.5 Å². The summed E-state index contributed by atoms with van der Waals surface area (Å²) in [7, 11) is 2.33. The van der Waals surface area contributed by atoms with Crippen LogP contribution < -0.4 is 10.1 Å². The lowest BCUT2D eigenvalue weighted by molar-refractivity contribution is -0.163. The van der Waals surface area contributed by atoms with E-state index < -0.39 is 23.6 Å². The summed E-state index contributed by atoms with van der Waals surface area (Å²) in [6.07, 6.45) is -1.55. The Bertz CT molecular complexity index is 898. The number of carbonyl (C=O) groups is 2. The van der Waals surface area contributed by atoms with Gasteiger partial charge >= 0.3 is 11.9 Å². The largest absolute Gasteiger partial charge is 0.506 e. The summed E-state index contributed by atoms with van der Waals surface area (Å²) in [5.41, 5.74) is 0.647. The molecule has 0 saturated carbocycles. The highest BCUT2D eigenvalue weighted by Gasteiger charge is 2.34. The van der Waals surface area contributed by atoms with Gasteiger partial charge in [-0.15, -0.1) is 0 Å². The summed E-state index contributed by atoms with van der Waals surface area (Å²) in [5.74, 6) is -1.39. The molecular formula is C22H26ClNO6. The van der Waals surface area contributed by atoms with Crippen molar-refractivity contribution in [2.75, 3.05) is 14.2 Å². The standard InChI is InChI=1S/C22H26ClNO6/c1-13(14-9-8-11-16(23)18(14)25)24-22(2,3)15-10-6-7-12-17(15)30-19(20(26)28-4)21(27)29-5/h6-13,19,24-25H,1-5H3. The van der Waals surface area contributed by atoms with Gasteiger partial charge < -0.3 is 24.6 Å². The normalized spacial score (nSPS) is 12.4. The summed E-state index contributed by atoms with van der Waals surface area (Å²) in [4.78, 5) is 24.0. The molecule has 0 aliphatic heterocycles. The number of nitrogens with one attached hydrogen (secondary N) is 1. The van der Waals surface area contributed by atoms with Gasteiger partial charge in [0.2, 0.25) is 0 Å². The average Bonchev–Trinajstić information content (AvgIpc) is 2.72. The molecule has 1 atom stereocenters. The van der Waals surface area contributed by atoms with Crippen LogP contribution in [0.1, 0.15) is 37.9 Å². The van der Waals surface area contributed by atoms with Gasteiger partial charge in [0.25, 0.3) is 6.10 Å². The monoisotopic (exact) mass is 435 g/mol. The Morgan fingerprint density at radius 2 is 1.63 bits per heavy atom. The first-order valence-corrected chi connectivity index (χ1v) is 9.67. The quantitative estimate of drug-likeness (QED) is 0.482. The fourth-order valence-corrected chi connectivity index (χ4v) is 3.38. The Morgan fingerprint density at radius 1 is 1.03 bits per heavy atom. The molecule has 2 aromatic rings. The van der Waals surface area contributed by atoms with Crippen LogP contribution in [0.2, 0.25) is 5.02 Å². The number of phenolic OH excluding ortho intramolecular Hbond substituents is 1. The van der Waals surface area contributed by atoms with Crippen LogP contribution in [0.5, 0.6) is 11.5 Å². The number of rotatable bonds is 8. The van der Waals surface area contributed by atoms with Gasteiger partial charge in [0.1, 0.15) is 11.5 Å². The number of methoxy groups -OCH3 is 2. The van der Waals surface area contributed by atoms with E-state index in [1.165, 1.54) is 0 Å². The molecule has 0 amide bonds.